The summed E-state index contributed by atoms with van der Waals surface area (Å²) < 4.78 is 5.59. The Labute approximate surface area is 122 Å². The Morgan fingerprint density at radius 3 is 2.35 bits per heavy atom. The van der Waals surface area contributed by atoms with E-state index in [0.717, 1.165) is 12.8 Å². The van der Waals surface area contributed by atoms with Gasteiger partial charge in [-0.05, 0) is 39.1 Å². The predicted molar refractivity (Wildman–Crippen MR) is 82.7 cm³/mol. The highest BCUT2D eigenvalue weighted by atomic mass is 16.6. The van der Waals surface area contributed by atoms with E-state index in [1.807, 2.05) is 37.2 Å². The molecule has 0 amide bonds. The van der Waals surface area contributed by atoms with Crippen molar-refractivity contribution in [3.05, 3.63) is 35.9 Å². The van der Waals surface area contributed by atoms with Crippen LogP contribution in [0.3, 0.4) is 0 Å². The molecule has 1 aromatic rings. The monoisotopic (exact) mass is 277 g/mol. The largest absolute Gasteiger partial charge is 0.443 e. The standard InChI is InChI=1S/C17H27NO2/c1-4-5-6-7-11-14-16(18(2)3)20-17(19)15-12-9-8-10-13-15/h8-10,12-13,16H,4-7,11,14H2,1-3H3. The summed E-state index contributed by atoms with van der Waals surface area (Å²) in [6.45, 7) is 2.21. The first kappa shape index (κ1) is 16.7. The zero-order valence-electron chi connectivity index (χ0n) is 13.0. The Hall–Kier alpha value is -1.35. The van der Waals surface area contributed by atoms with Crippen LogP contribution in [0.2, 0.25) is 0 Å². The van der Waals surface area contributed by atoms with Crippen LogP contribution in [-0.4, -0.2) is 31.2 Å². The number of rotatable bonds is 9. The Morgan fingerprint density at radius 1 is 1.10 bits per heavy atom. The van der Waals surface area contributed by atoms with E-state index in [-0.39, 0.29) is 12.2 Å². The quantitative estimate of drug-likeness (QED) is 0.387. The number of hydrogen-bond donors (Lipinski definition) is 0. The van der Waals surface area contributed by atoms with Crippen LogP contribution < -0.4 is 0 Å². The van der Waals surface area contributed by atoms with E-state index in [1.165, 1.54) is 25.7 Å². The van der Waals surface area contributed by atoms with Crippen LogP contribution >= 0.6 is 0 Å². The molecule has 0 aromatic heterocycles. The van der Waals surface area contributed by atoms with Crippen LogP contribution in [0.5, 0.6) is 0 Å². The fraction of sp³-hybridized carbons (Fsp3) is 0.588. The summed E-state index contributed by atoms with van der Waals surface area (Å²) in [7, 11) is 3.91. The summed E-state index contributed by atoms with van der Waals surface area (Å²) in [6, 6.07) is 9.18. The molecule has 3 nitrogen and oxygen atoms in total. The maximum absolute atomic E-state index is 12.0. The molecule has 1 rings (SSSR count). The third-order valence-corrected chi connectivity index (χ3v) is 3.38. The molecule has 20 heavy (non-hydrogen) atoms. The summed E-state index contributed by atoms with van der Waals surface area (Å²) in [6.07, 6.45) is 6.88. The number of hydrogen-bond acceptors (Lipinski definition) is 3. The van der Waals surface area contributed by atoms with Crippen molar-refractivity contribution in [1.82, 2.24) is 4.90 Å². The fourth-order valence-electron chi connectivity index (χ4n) is 2.11. The van der Waals surface area contributed by atoms with E-state index in [0.29, 0.717) is 5.56 Å². The predicted octanol–water partition coefficient (Wildman–Crippen LogP) is 4.09. The van der Waals surface area contributed by atoms with Gasteiger partial charge in [-0.15, -0.1) is 0 Å². The summed E-state index contributed by atoms with van der Waals surface area (Å²) >= 11 is 0. The van der Waals surface area contributed by atoms with Gasteiger partial charge < -0.3 is 4.74 Å². The molecule has 0 radical (unpaired) electrons. The van der Waals surface area contributed by atoms with Crippen LogP contribution in [0.25, 0.3) is 0 Å². The van der Waals surface area contributed by atoms with Crippen LogP contribution in [0, 0.1) is 0 Å². The topological polar surface area (TPSA) is 29.5 Å². The van der Waals surface area contributed by atoms with E-state index in [2.05, 4.69) is 6.92 Å². The number of carbonyl (C=O) groups excluding carboxylic acids is 1. The molecular weight excluding hydrogens is 250 g/mol. The van der Waals surface area contributed by atoms with Crippen LogP contribution in [0.1, 0.15) is 55.8 Å². The highest BCUT2D eigenvalue weighted by Crippen LogP contribution is 2.13. The molecule has 0 heterocycles. The average Bonchev–Trinajstić information content (AvgIpc) is 2.46. The number of unbranched alkanes of at least 4 members (excludes halogenated alkanes) is 4. The number of ether oxygens (including phenoxy) is 1. The maximum atomic E-state index is 12.0. The summed E-state index contributed by atoms with van der Waals surface area (Å²) in [4.78, 5) is 14.0. The molecule has 0 aliphatic rings. The summed E-state index contributed by atoms with van der Waals surface area (Å²) in [5, 5.41) is 0. The molecule has 0 fully saturated rings. The second-order valence-corrected chi connectivity index (χ2v) is 5.39. The first-order chi connectivity index (χ1) is 9.65. The minimum atomic E-state index is -0.238. The lowest BCUT2D eigenvalue weighted by atomic mass is 10.1. The molecule has 0 saturated heterocycles. The Bertz CT molecular complexity index is 376. The second kappa shape index (κ2) is 9.54. The molecule has 3 heteroatoms. The van der Waals surface area contributed by atoms with Crippen molar-refractivity contribution in [3.63, 3.8) is 0 Å². The van der Waals surface area contributed by atoms with Gasteiger partial charge in [-0.3, -0.25) is 4.90 Å². The van der Waals surface area contributed by atoms with Crippen molar-refractivity contribution in [2.24, 2.45) is 0 Å². The van der Waals surface area contributed by atoms with Gasteiger partial charge in [0, 0.05) is 0 Å². The lowest BCUT2D eigenvalue weighted by molar-refractivity contribution is -0.0187. The van der Waals surface area contributed by atoms with E-state index in [1.54, 1.807) is 12.1 Å². The minimum absolute atomic E-state index is 0.135. The SMILES string of the molecule is CCCCCCCC(OC(=O)c1ccccc1)N(C)C. The van der Waals surface area contributed by atoms with E-state index in [9.17, 15) is 4.79 Å². The molecule has 1 atom stereocenters. The van der Waals surface area contributed by atoms with Gasteiger partial charge in [-0.25, -0.2) is 4.79 Å². The summed E-state index contributed by atoms with van der Waals surface area (Å²) in [5.74, 6) is -0.238. The second-order valence-electron chi connectivity index (χ2n) is 5.39. The van der Waals surface area contributed by atoms with Crippen LogP contribution in [0.4, 0.5) is 0 Å². The minimum Gasteiger partial charge on any atom is -0.443 e. The smallest absolute Gasteiger partial charge is 0.339 e. The molecule has 1 aromatic carbocycles. The van der Waals surface area contributed by atoms with Crippen LogP contribution in [0.15, 0.2) is 30.3 Å². The van der Waals surface area contributed by atoms with E-state index < -0.39 is 0 Å². The van der Waals surface area contributed by atoms with Crippen molar-refractivity contribution in [2.75, 3.05) is 14.1 Å². The van der Waals surface area contributed by atoms with E-state index in [4.69, 9.17) is 4.74 Å². The maximum Gasteiger partial charge on any atom is 0.339 e. The van der Waals surface area contributed by atoms with Crippen molar-refractivity contribution >= 4 is 5.97 Å². The lowest BCUT2D eigenvalue weighted by Gasteiger charge is -2.24. The van der Waals surface area contributed by atoms with Crippen molar-refractivity contribution in [1.29, 1.82) is 0 Å². The molecule has 0 aliphatic heterocycles. The van der Waals surface area contributed by atoms with Crippen LogP contribution in [-0.2, 0) is 4.74 Å². The van der Waals surface area contributed by atoms with Gasteiger partial charge in [0.15, 0.2) is 6.23 Å². The van der Waals surface area contributed by atoms with Gasteiger partial charge >= 0.3 is 5.97 Å². The highest BCUT2D eigenvalue weighted by Gasteiger charge is 2.17. The van der Waals surface area contributed by atoms with Gasteiger partial charge in [0.25, 0.3) is 0 Å². The molecule has 1 unspecified atom stereocenters. The molecule has 0 aliphatic carbocycles. The average molecular weight is 277 g/mol. The van der Waals surface area contributed by atoms with Gasteiger partial charge in [0.1, 0.15) is 0 Å². The molecule has 112 valence electrons. The van der Waals surface area contributed by atoms with Gasteiger partial charge in [0.05, 0.1) is 5.56 Å². The number of carbonyl (C=O) groups is 1. The van der Waals surface area contributed by atoms with E-state index >= 15 is 0 Å². The molecule has 0 bridgehead atoms. The van der Waals surface area contributed by atoms with Gasteiger partial charge in [-0.2, -0.15) is 0 Å². The first-order valence-electron chi connectivity index (χ1n) is 7.57. The van der Waals surface area contributed by atoms with Crippen molar-refractivity contribution in [3.8, 4) is 0 Å². The third-order valence-electron chi connectivity index (χ3n) is 3.38. The lowest BCUT2D eigenvalue weighted by Crippen LogP contribution is -2.32. The summed E-state index contributed by atoms with van der Waals surface area (Å²) in [5.41, 5.74) is 0.616. The Kier molecular flexibility index (Phi) is 7.97. The first-order valence-corrected chi connectivity index (χ1v) is 7.57. The van der Waals surface area contributed by atoms with Crippen molar-refractivity contribution in [2.45, 2.75) is 51.7 Å². The molecule has 0 N–H and O–H groups in total. The normalized spacial score (nSPS) is 12.4. The van der Waals surface area contributed by atoms with Gasteiger partial charge in [0.2, 0.25) is 0 Å². The van der Waals surface area contributed by atoms with Crippen molar-refractivity contribution < 1.29 is 9.53 Å². The zero-order chi connectivity index (χ0) is 14.8. The Balaban J connectivity index is 2.41. The number of esters is 1. The third kappa shape index (κ3) is 6.20. The Morgan fingerprint density at radius 2 is 1.75 bits per heavy atom. The highest BCUT2D eigenvalue weighted by molar-refractivity contribution is 5.89. The fourth-order valence-corrected chi connectivity index (χ4v) is 2.11. The van der Waals surface area contributed by atoms with Gasteiger partial charge in [-0.1, -0.05) is 50.8 Å². The number of nitrogens with zero attached hydrogens (tertiary/aromatic N) is 1. The molecule has 0 saturated carbocycles. The zero-order valence-corrected chi connectivity index (χ0v) is 13.0. The molecular formula is C17H27NO2. The number of benzene rings is 1. The molecule has 0 spiro atoms.